The van der Waals surface area contributed by atoms with Crippen LogP contribution in [-0.4, -0.2) is 50.9 Å². The van der Waals surface area contributed by atoms with Gasteiger partial charge >= 0.3 is 0 Å². The van der Waals surface area contributed by atoms with E-state index in [1.165, 1.54) is 0 Å². The summed E-state index contributed by atoms with van der Waals surface area (Å²) < 4.78 is 1.91. The number of carbonyl (C=O) groups excluding carboxylic acids is 2. The highest BCUT2D eigenvalue weighted by molar-refractivity contribution is 5.79. The lowest BCUT2D eigenvalue weighted by molar-refractivity contribution is -0.131. The van der Waals surface area contributed by atoms with Crippen molar-refractivity contribution in [2.45, 2.75) is 51.9 Å². The number of carbonyl (C=O) groups is 2. The van der Waals surface area contributed by atoms with E-state index in [-0.39, 0.29) is 11.8 Å². The van der Waals surface area contributed by atoms with Gasteiger partial charge in [0.05, 0.1) is 12.1 Å². The van der Waals surface area contributed by atoms with E-state index in [0.717, 1.165) is 59.8 Å². The molecule has 0 saturated carbocycles. The van der Waals surface area contributed by atoms with Gasteiger partial charge in [0.1, 0.15) is 0 Å². The molecule has 1 fully saturated rings. The molecule has 1 aromatic carbocycles. The number of likely N-dealkylation sites (tertiary alicyclic amines) is 1. The molecule has 0 spiro atoms. The molecule has 1 saturated heterocycles. The Morgan fingerprint density at radius 3 is 2.62 bits per heavy atom. The van der Waals surface area contributed by atoms with Crippen molar-refractivity contribution in [3.63, 3.8) is 0 Å². The van der Waals surface area contributed by atoms with Crippen molar-refractivity contribution in [3.8, 4) is 0 Å². The van der Waals surface area contributed by atoms with Crippen molar-refractivity contribution in [1.82, 2.24) is 24.8 Å². The minimum absolute atomic E-state index is 0.00789. The van der Waals surface area contributed by atoms with Crippen molar-refractivity contribution in [2.75, 3.05) is 19.6 Å². The number of rotatable bonds is 8. The molecular weight excluding hydrogens is 426 g/mol. The standard InChI is InChI=1S/C27H33N5O2/c1-4-14-28-26(33)11-10-23-19(2)29-25-18-24(30-32(25)20(23)3)22-12-15-31(16-13-22)27(34)17-21-8-6-5-7-9-21/h4-9,18,22H,1,10-17H2,2-3H3,(H,28,33). The van der Waals surface area contributed by atoms with Gasteiger partial charge in [0.2, 0.25) is 11.8 Å². The molecule has 0 aliphatic carbocycles. The number of fused-ring (bicyclic) bond motifs is 1. The molecule has 0 atom stereocenters. The Labute approximate surface area is 200 Å². The lowest BCUT2D eigenvalue weighted by Crippen LogP contribution is -2.38. The third kappa shape index (κ3) is 5.35. The van der Waals surface area contributed by atoms with Crippen LogP contribution in [0.15, 0.2) is 49.1 Å². The molecule has 7 heteroatoms. The van der Waals surface area contributed by atoms with E-state index in [2.05, 4.69) is 18.0 Å². The zero-order chi connectivity index (χ0) is 24.1. The summed E-state index contributed by atoms with van der Waals surface area (Å²) in [6.07, 6.45) is 4.97. The first-order valence-electron chi connectivity index (χ1n) is 12.0. The van der Waals surface area contributed by atoms with Crippen LogP contribution in [-0.2, 0) is 22.4 Å². The largest absolute Gasteiger partial charge is 0.353 e. The first kappa shape index (κ1) is 23.7. The van der Waals surface area contributed by atoms with E-state index in [1.54, 1.807) is 6.08 Å². The molecular formula is C27H33N5O2. The molecule has 1 N–H and O–H groups in total. The molecule has 2 aromatic heterocycles. The summed E-state index contributed by atoms with van der Waals surface area (Å²) in [4.78, 5) is 31.5. The Balaban J connectivity index is 1.41. The smallest absolute Gasteiger partial charge is 0.226 e. The highest BCUT2D eigenvalue weighted by atomic mass is 16.2. The van der Waals surface area contributed by atoms with Gasteiger partial charge in [-0.15, -0.1) is 6.58 Å². The van der Waals surface area contributed by atoms with Crippen molar-refractivity contribution in [2.24, 2.45) is 0 Å². The third-order valence-electron chi connectivity index (χ3n) is 6.69. The Bertz CT molecular complexity index is 1180. The zero-order valence-corrected chi connectivity index (χ0v) is 20.1. The maximum absolute atomic E-state index is 12.7. The molecule has 2 amide bonds. The SMILES string of the molecule is C=CCNC(=O)CCc1c(C)nc2cc(C3CCN(C(=O)Cc4ccccc4)CC3)nn2c1C. The minimum Gasteiger partial charge on any atom is -0.353 e. The first-order valence-corrected chi connectivity index (χ1v) is 12.0. The van der Waals surface area contributed by atoms with Crippen molar-refractivity contribution in [1.29, 1.82) is 0 Å². The maximum Gasteiger partial charge on any atom is 0.226 e. The number of nitrogens with zero attached hydrogens (tertiary/aromatic N) is 4. The van der Waals surface area contributed by atoms with E-state index < -0.39 is 0 Å². The summed E-state index contributed by atoms with van der Waals surface area (Å²) >= 11 is 0. The molecule has 0 unspecified atom stereocenters. The number of benzene rings is 1. The predicted molar refractivity (Wildman–Crippen MR) is 133 cm³/mol. The number of amides is 2. The van der Waals surface area contributed by atoms with E-state index in [0.29, 0.717) is 31.7 Å². The van der Waals surface area contributed by atoms with Gasteiger partial charge < -0.3 is 10.2 Å². The van der Waals surface area contributed by atoms with Crippen molar-refractivity contribution in [3.05, 3.63) is 77.3 Å². The number of piperidine rings is 1. The van der Waals surface area contributed by atoms with Gasteiger partial charge in [0.25, 0.3) is 0 Å². The van der Waals surface area contributed by atoms with Crippen LogP contribution in [0, 0.1) is 13.8 Å². The Morgan fingerprint density at radius 1 is 1.18 bits per heavy atom. The van der Waals surface area contributed by atoms with Crippen LogP contribution < -0.4 is 5.32 Å². The molecule has 34 heavy (non-hydrogen) atoms. The third-order valence-corrected chi connectivity index (χ3v) is 6.69. The summed E-state index contributed by atoms with van der Waals surface area (Å²) in [7, 11) is 0. The van der Waals surface area contributed by atoms with Gasteiger partial charge in [0.15, 0.2) is 5.65 Å². The fourth-order valence-electron chi connectivity index (χ4n) is 4.73. The van der Waals surface area contributed by atoms with E-state index in [4.69, 9.17) is 10.1 Å². The summed E-state index contributed by atoms with van der Waals surface area (Å²) in [5.41, 5.74) is 5.96. The molecule has 178 valence electrons. The van der Waals surface area contributed by atoms with Crippen LogP contribution >= 0.6 is 0 Å². The van der Waals surface area contributed by atoms with Crippen molar-refractivity contribution < 1.29 is 9.59 Å². The number of hydrogen-bond acceptors (Lipinski definition) is 4. The molecule has 1 aliphatic heterocycles. The quantitative estimate of drug-likeness (QED) is 0.523. The Morgan fingerprint density at radius 2 is 1.91 bits per heavy atom. The average molecular weight is 460 g/mol. The minimum atomic E-state index is 0.00789. The average Bonchev–Trinajstić information content (AvgIpc) is 3.27. The second-order valence-electron chi connectivity index (χ2n) is 9.01. The van der Waals surface area contributed by atoms with Crippen LogP contribution in [0.25, 0.3) is 5.65 Å². The monoisotopic (exact) mass is 459 g/mol. The van der Waals surface area contributed by atoms with E-state index >= 15 is 0 Å². The molecule has 7 nitrogen and oxygen atoms in total. The summed E-state index contributed by atoms with van der Waals surface area (Å²) in [5.74, 6) is 0.512. The fourth-order valence-corrected chi connectivity index (χ4v) is 4.73. The number of hydrogen-bond donors (Lipinski definition) is 1. The first-order chi connectivity index (χ1) is 16.5. The molecule has 4 rings (SSSR count). The lowest BCUT2D eigenvalue weighted by Gasteiger charge is -2.31. The zero-order valence-electron chi connectivity index (χ0n) is 20.1. The molecule has 3 heterocycles. The summed E-state index contributed by atoms with van der Waals surface area (Å²) in [6, 6.07) is 12.0. The van der Waals surface area contributed by atoms with Crippen LogP contribution in [0.5, 0.6) is 0 Å². The summed E-state index contributed by atoms with van der Waals surface area (Å²) in [5, 5.41) is 7.71. The molecule has 0 bridgehead atoms. The summed E-state index contributed by atoms with van der Waals surface area (Å²) in [6.45, 7) is 9.64. The number of nitrogens with one attached hydrogen (secondary N) is 1. The van der Waals surface area contributed by atoms with E-state index in [1.807, 2.05) is 53.6 Å². The normalized spacial score (nSPS) is 14.4. The van der Waals surface area contributed by atoms with Crippen LogP contribution in [0.4, 0.5) is 0 Å². The topological polar surface area (TPSA) is 79.6 Å². The predicted octanol–water partition coefficient (Wildman–Crippen LogP) is 3.53. The second kappa shape index (κ2) is 10.6. The Hall–Kier alpha value is -3.48. The van der Waals surface area contributed by atoms with Crippen LogP contribution in [0.3, 0.4) is 0 Å². The number of aromatic nitrogens is 3. The van der Waals surface area contributed by atoms with Crippen LogP contribution in [0.2, 0.25) is 0 Å². The van der Waals surface area contributed by atoms with Gasteiger partial charge in [0, 0.05) is 49.4 Å². The molecule has 0 radical (unpaired) electrons. The van der Waals surface area contributed by atoms with Gasteiger partial charge in [-0.2, -0.15) is 5.10 Å². The van der Waals surface area contributed by atoms with Gasteiger partial charge in [-0.3, -0.25) is 9.59 Å². The van der Waals surface area contributed by atoms with Crippen LogP contribution in [0.1, 0.15) is 53.4 Å². The highest BCUT2D eigenvalue weighted by Crippen LogP contribution is 2.29. The Kier molecular flexibility index (Phi) is 7.40. The van der Waals surface area contributed by atoms with Crippen molar-refractivity contribution >= 4 is 17.5 Å². The second-order valence-corrected chi connectivity index (χ2v) is 9.01. The molecule has 1 aliphatic rings. The van der Waals surface area contributed by atoms with Gasteiger partial charge in [-0.05, 0) is 44.2 Å². The lowest BCUT2D eigenvalue weighted by atomic mass is 9.93. The highest BCUT2D eigenvalue weighted by Gasteiger charge is 2.26. The molecule has 3 aromatic rings. The van der Waals surface area contributed by atoms with E-state index in [9.17, 15) is 9.59 Å². The fraction of sp³-hybridized carbons (Fsp3) is 0.407. The maximum atomic E-state index is 12.7. The van der Waals surface area contributed by atoms with Gasteiger partial charge in [-0.25, -0.2) is 9.50 Å². The van der Waals surface area contributed by atoms with Gasteiger partial charge in [-0.1, -0.05) is 36.4 Å². The number of aryl methyl sites for hydroxylation is 2.